The molecular weight excluding hydrogens is 206 g/mol. The summed E-state index contributed by atoms with van der Waals surface area (Å²) >= 11 is 0. The first-order chi connectivity index (χ1) is 2.00. The fourth-order valence-electron chi connectivity index (χ4n) is 0. The quantitative estimate of drug-likeness (QED) is 0.356. The zero-order valence-corrected chi connectivity index (χ0v) is 5.54. The number of phosphoric acid groups is 1. The van der Waals surface area contributed by atoms with Gasteiger partial charge in [0.2, 0.25) is 0 Å². The summed E-state index contributed by atoms with van der Waals surface area (Å²) in [6.45, 7) is 0. The summed E-state index contributed by atoms with van der Waals surface area (Å²) in [6, 6.07) is 0. The van der Waals surface area contributed by atoms with Gasteiger partial charge in [0.15, 0.2) is 0 Å². The van der Waals surface area contributed by atoms with E-state index in [0.717, 1.165) is 0 Å². The Morgan fingerprint density at radius 2 is 1.00 bits per heavy atom. The second-order valence-electron chi connectivity index (χ2n) is 0.513. The van der Waals surface area contributed by atoms with Gasteiger partial charge in [-0.3, -0.25) is 0 Å². The number of halogens is 2. The first kappa shape index (κ1) is 22.5. The molecule has 0 aromatic carbocycles. The van der Waals surface area contributed by atoms with Crippen molar-refractivity contribution in [3.05, 3.63) is 0 Å². The van der Waals surface area contributed by atoms with Gasteiger partial charge in [-0.05, 0) is 0 Å². The van der Waals surface area contributed by atoms with E-state index < -0.39 is 7.82 Å². The maximum atomic E-state index is 8.88. The molecule has 0 atom stereocenters. The van der Waals surface area contributed by atoms with Crippen molar-refractivity contribution >= 4 is 70.4 Å². The van der Waals surface area contributed by atoms with Gasteiger partial charge in [-0.1, -0.05) is 0 Å². The summed E-state index contributed by atoms with van der Waals surface area (Å²) in [6.07, 6.45) is 0. The van der Waals surface area contributed by atoms with Crippen molar-refractivity contribution in [3.63, 3.8) is 0 Å². The van der Waals surface area contributed by atoms with Crippen molar-refractivity contribution in [1.82, 2.24) is 0 Å². The van der Waals surface area contributed by atoms with Crippen molar-refractivity contribution in [2.75, 3.05) is 0 Å². The van der Waals surface area contributed by atoms with Gasteiger partial charge in [-0.2, -0.15) is 0 Å². The van der Waals surface area contributed by atoms with E-state index in [0.29, 0.717) is 0 Å². The Kier molecular flexibility index (Phi) is 25.2. The maximum absolute atomic E-state index is 8.88. The van der Waals surface area contributed by atoms with E-state index in [1.54, 1.807) is 0 Å². The molecule has 8 heteroatoms. The predicted octanol–water partition coefficient (Wildman–Crippen LogP) is -1.00. The van der Waals surface area contributed by atoms with Crippen LogP contribution in [0, 0.1) is 0 Å². The molecule has 0 aliphatic heterocycles. The van der Waals surface area contributed by atoms with Crippen LogP contribution in [0.25, 0.3) is 0 Å². The molecule has 0 fully saturated rings. The van der Waals surface area contributed by atoms with Gasteiger partial charge in [0.05, 0.1) is 0 Å². The zero-order chi connectivity index (χ0) is 4.50. The van der Waals surface area contributed by atoms with E-state index >= 15 is 0 Å². The molecule has 4 nitrogen and oxygen atoms in total. The van der Waals surface area contributed by atoms with Gasteiger partial charge >= 0.3 is 45.6 Å². The van der Waals surface area contributed by atoms with Gasteiger partial charge in [-0.15, -0.1) is 24.8 Å². The number of rotatable bonds is 0. The predicted molar refractivity (Wildman–Crippen MR) is 37.3 cm³/mol. The molecule has 0 spiro atoms. The second kappa shape index (κ2) is 8.95. The van der Waals surface area contributed by atoms with Crippen molar-refractivity contribution in [2.45, 2.75) is 0 Å². The average molecular weight is 213 g/mol. The normalized spacial score (nSPS) is 7.38. The van der Waals surface area contributed by atoms with Crippen molar-refractivity contribution in [1.29, 1.82) is 0 Å². The number of hydrogen-bond donors (Lipinski definition) is 3. The molecule has 0 aliphatic carbocycles. The fraction of sp³-hybridized carbons (Fsp3) is 0. The van der Waals surface area contributed by atoms with Crippen LogP contribution in [0.5, 0.6) is 0 Å². The molecule has 8 heavy (non-hydrogen) atoms. The van der Waals surface area contributed by atoms with Crippen LogP contribution < -0.4 is 0 Å². The van der Waals surface area contributed by atoms with E-state index in [1.807, 2.05) is 0 Å². The first-order valence-electron chi connectivity index (χ1n) is 0.783. The van der Waals surface area contributed by atoms with E-state index in [4.69, 9.17) is 19.2 Å². The molecule has 0 saturated carbocycles. The van der Waals surface area contributed by atoms with E-state index in [2.05, 4.69) is 0 Å². The molecule has 0 unspecified atom stereocenters. The van der Waals surface area contributed by atoms with Crippen molar-refractivity contribution in [2.24, 2.45) is 0 Å². The molecule has 52 valence electrons. The van der Waals surface area contributed by atoms with Crippen LogP contribution in [-0.2, 0) is 4.57 Å². The van der Waals surface area contributed by atoms with Crippen LogP contribution in [0.3, 0.4) is 0 Å². The Hall–Kier alpha value is 1.95. The summed E-state index contributed by atoms with van der Waals surface area (Å²) < 4.78 is 8.88. The second-order valence-corrected chi connectivity index (χ2v) is 1.54. The van der Waals surface area contributed by atoms with Gasteiger partial charge < -0.3 is 14.7 Å². The third-order valence-corrected chi connectivity index (χ3v) is 0. The van der Waals surface area contributed by atoms with Crippen LogP contribution in [0.1, 0.15) is 0 Å². The van der Waals surface area contributed by atoms with Crippen LogP contribution >= 0.6 is 32.6 Å². The minimum absolute atomic E-state index is 0. The molecule has 0 bridgehead atoms. The molecule has 3 N–H and O–H groups in total. The van der Waals surface area contributed by atoms with Crippen molar-refractivity contribution < 1.29 is 19.2 Å². The Bertz CT molecular complexity index is 60.2. The van der Waals surface area contributed by atoms with Crippen LogP contribution in [-0.4, -0.2) is 52.4 Å². The molecule has 0 heterocycles. The summed E-state index contributed by atoms with van der Waals surface area (Å²) in [5.74, 6) is 0. The molecule has 0 radical (unpaired) electrons. The summed E-state index contributed by atoms with van der Waals surface area (Å²) in [5.41, 5.74) is 0. The molecule has 0 aromatic heterocycles. The monoisotopic (exact) mass is 212 g/mol. The Labute approximate surface area is 88.7 Å². The molecule has 0 saturated heterocycles. The number of hydrogen-bond acceptors (Lipinski definition) is 1. The summed E-state index contributed by atoms with van der Waals surface area (Å²) in [5, 5.41) is 0. The molecule has 0 rings (SSSR count). The summed E-state index contributed by atoms with van der Waals surface area (Å²) in [7, 11) is -4.64. The Morgan fingerprint density at radius 1 is 1.00 bits per heavy atom. The standard InChI is InChI=1S/Ca.2ClH.H3O4P.2H/c;;;1-5(2,3)4;;/h;2*1H;(H3,1,2,3,4);;. The summed E-state index contributed by atoms with van der Waals surface area (Å²) in [4.78, 5) is 21.6. The van der Waals surface area contributed by atoms with Crippen molar-refractivity contribution in [3.8, 4) is 0 Å². The van der Waals surface area contributed by atoms with Crippen LogP contribution in [0.2, 0.25) is 0 Å². The van der Waals surface area contributed by atoms with E-state index in [1.165, 1.54) is 0 Å². The third kappa shape index (κ3) is 101. The Morgan fingerprint density at radius 3 is 1.00 bits per heavy atom. The van der Waals surface area contributed by atoms with E-state index in [-0.39, 0.29) is 62.6 Å². The minimum atomic E-state index is -4.64. The van der Waals surface area contributed by atoms with E-state index in [9.17, 15) is 0 Å². The van der Waals surface area contributed by atoms with Gasteiger partial charge in [0.1, 0.15) is 0 Å². The van der Waals surface area contributed by atoms with Gasteiger partial charge in [0.25, 0.3) is 0 Å². The van der Waals surface area contributed by atoms with Crippen LogP contribution in [0.15, 0.2) is 0 Å². The first-order valence-corrected chi connectivity index (χ1v) is 2.35. The van der Waals surface area contributed by atoms with Gasteiger partial charge in [0, 0.05) is 0 Å². The average Bonchev–Trinajstić information content (AvgIpc) is 0.722. The molecule has 0 amide bonds. The molecular formula is H7CaCl2O4P. The fourth-order valence-corrected chi connectivity index (χ4v) is 0. The molecule has 0 aromatic rings. The Balaban J connectivity index is -0.0000000267. The van der Waals surface area contributed by atoms with Gasteiger partial charge in [-0.25, -0.2) is 4.57 Å². The molecule has 0 aliphatic rings. The third-order valence-electron chi connectivity index (χ3n) is 0. The SMILES string of the molecule is Cl.Cl.O=P(O)(O)O.[CaH2]. The zero-order valence-electron chi connectivity index (χ0n) is 3.01. The van der Waals surface area contributed by atoms with Crippen LogP contribution in [0.4, 0.5) is 0 Å². The topological polar surface area (TPSA) is 77.8 Å².